The van der Waals surface area contributed by atoms with Crippen molar-refractivity contribution in [1.82, 2.24) is 0 Å². The van der Waals surface area contributed by atoms with Crippen molar-refractivity contribution in [1.29, 1.82) is 5.26 Å². The maximum atomic E-state index is 8.59. The van der Waals surface area contributed by atoms with Crippen LogP contribution in [0, 0.1) is 17.2 Å². The molecule has 0 amide bonds. The highest BCUT2D eigenvalue weighted by Gasteiger charge is 2.32. The molecule has 66 valence electrons. The fraction of sp³-hybridized carbons (Fsp3) is 0.364. The van der Waals surface area contributed by atoms with E-state index in [2.05, 4.69) is 18.3 Å². The van der Waals surface area contributed by atoms with Gasteiger partial charge in [0.15, 0.2) is 0 Å². The van der Waals surface area contributed by atoms with Crippen LogP contribution < -0.4 is 5.32 Å². The molecule has 2 atom stereocenters. The lowest BCUT2D eigenvalue weighted by Gasteiger charge is -2.03. The van der Waals surface area contributed by atoms with E-state index in [1.165, 1.54) is 6.42 Å². The van der Waals surface area contributed by atoms with Gasteiger partial charge in [-0.2, -0.15) is 5.26 Å². The van der Waals surface area contributed by atoms with Gasteiger partial charge in [-0.05, 0) is 36.6 Å². The summed E-state index contributed by atoms with van der Waals surface area (Å²) < 4.78 is 0. The number of hydrogen-bond donors (Lipinski definition) is 1. The zero-order chi connectivity index (χ0) is 9.26. The maximum absolute atomic E-state index is 8.59. The van der Waals surface area contributed by atoms with Crippen molar-refractivity contribution in [3.05, 3.63) is 29.8 Å². The Hall–Kier alpha value is -1.49. The standard InChI is InChI=1S/C11H12N2/c1-8-6-11(8)13-10-4-2-9(7-12)3-5-10/h2-5,8,11,13H,6H2,1H3. The molecule has 0 radical (unpaired) electrons. The maximum Gasteiger partial charge on any atom is 0.0991 e. The van der Waals surface area contributed by atoms with Crippen LogP contribution in [0.15, 0.2) is 24.3 Å². The predicted octanol–water partition coefficient (Wildman–Crippen LogP) is 2.38. The van der Waals surface area contributed by atoms with Crippen molar-refractivity contribution in [2.45, 2.75) is 19.4 Å². The second kappa shape index (κ2) is 3.10. The van der Waals surface area contributed by atoms with E-state index in [4.69, 9.17) is 5.26 Å². The first-order chi connectivity index (χ1) is 6.29. The van der Waals surface area contributed by atoms with E-state index in [0.29, 0.717) is 6.04 Å². The van der Waals surface area contributed by atoms with Crippen molar-refractivity contribution in [3.8, 4) is 6.07 Å². The van der Waals surface area contributed by atoms with Gasteiger partial charge in [0.1, 0.15) is 0 Å². The van der Waals surface area contributed by atoms with Crippen LogP contribution in [-0.4, -0.2) is 6.04 Å². The van der Waals surface area contributed by atoms with Crippen molar-refractivity contribution in [2.24, 2.45) is 5.92 Å². The molecule has 0 spiro atoms. The van der Waals surface area contributed by atoms with Crippen LogP contribution in [0.3, 0.4) is 0 Å². The number of hydrogen-bond acceptors (Lipinski definition) is 2. The van der Waals surface area contributed by atoms with Crippen molar-refractivity contribution >= 4 is 5.69 Å². The van der Waals surface area contributed by atoms with E-state index in [-0.39, 0.29) is 0 Å². The van der Waals surface area contributed by atoms with Gasteiger partial charge in [0.25, 0.3) is 0 Å². The van der Waals surface area contributed by atoms with Crippen LogP contribution in [0.25, 0.3) is 0 Å². The largest absolute Gasteiger partial charge is 0.382 e. The van der Waals surface area contributed by atoms with Gasteiger partial charge >= 0.3 is 0 Å². The molecule has 0 bridgehead atoms. The first-order valence-corrected chi connectivity index (χ1v) is 4.56. The lowest BCUT2D eigenvalue weighted by atomic mass is 10.2. The molecule has 2 unspecified atom stereocenters. The fourth-order valence-electron chi connectivity index (χ4n) is 1.38. The van der Waals surface area contributed by atoms with E-state index < -0.39 is 0 Å². The summed E-state index contributed by atoms with van der Waals surface area (Å²) in [6.07, 6.45) is 1.26. The molecule has 0 aliphatic heterocycles. The lowest BCUT2D eigenvalue weighted by molar-refractivity contribution is 0.929. The molecule has 0 saturated heterocycles. The summed E-state index contributed by atoms with van der Waals surface area (Å²) in [5.41, 5.74) is 1.84. The molecular weight excluding hydrogens is 160 g/mol. The van der Waals surface area contributed by atoms with Crippen LogP contribution >= 0.6 is 0 Å². The van der Waals surface area contributed by atoms with Crippen LogP contribution in [0.2, 0.25) is 0 Å². The summed E-state index contributed by atoms with van der Waals surface area (Å²) in [7, 11) is 0. The molecule has 1 aromatic rings. The highest BCUT2D eigenvalue weighted by atomic mass is 15.0. The Morgan fingerprint density at radius 3 is 2.46 bits per heavy atom. The predicted molar refractivity (Wildman–Crippen MR) is 52.3 cm³/mol. The molecule has 1 aromatic carbocycles. The molecule has 1 aliphatic carbocycles. The molecule has 0 aromatic heterocycles. The normalized spacial score (nSPS) is 24.9. The SMILES string of the molecule is CC1CC1Nc1ccc(C#N)cc1. The van der Waals surface area contributed by atoms with E-state index in [1.54, 1.807) is 0 Å². The number of nitriles is 1. The smallest absolute Gasteiger partial charge is 0.0991 e. The average molecular weight is 172 g/mol. The van der Waals surface area contributed by atoms with Gasteiger partial charge in [-0.15, -0.1) is 0 Å². The molecule has 2 heteroatoms. The number of anilines is 1. The first-order valence-electron chi connectivity index (χ1n) is 4.56. The molecule has 13 heavy (non-hydrogen) atoms. The Bertz CT molecular complexity index is 334. The quantitative estimate of drug-likeness (QED) is 0.743. The second-order valence-corrected chi connectivity index (χ2v) is 3.65. The molecule has 2 rings (SSSR count). The second-order valence-electron chi connectivity index (χ2n) is 3.65. The minimum absolute atomic E-state index is 0.646. The van der Waals surface area contributed by atoms with Crippen LogP contribution in [0.1, 0.15) is 18.9 Å². The Morgan fingerprint density at radius 2 is 2.00 bits per heavy atom. The van der Waals surface area contributed by atoms with Gasteiger partial charge in [0.2, 0.25) is 0 Å². The van der Waals surface area contributed by atoms with Gasteiger partial charge in [-0.3, -0.25) is 0 Å². The summed E-state index contributed by atoms with van der Waals surface area (Å²) in [5.74, 6) is 0.802. The Kier molecular flexibility index (Phi) is 1.94. The number of nitrogens with zero attached hydrogens (tertiary/aromatic N) is 1. The van der Waals surface area contributed by atoms with Crippen LogP contribution in [-0.2, 0) is 0 Å². The summed E-state index contributed by atoms with van der Waals surface area (Å²) in [4.78, 5) is 0. The van der Waals surface area contributed by atoms with Crippen LogP contribution in [0.5, 0.6) is 0 Å². The minimum atomic E-state index is 0.646. The molecular formula is C11H12N2. The first kappa shape index (κ1) is 8.12. The van der Waals surface area contributed by atoms with Crippen LogP contribution in [0.4, 0.5) is 5.69 Å². The summed E-state index contributed by atoms with van der Waals surface area (Å²) in [5, 5.41) is 12.0. The Morgan fingerprint density at radius 1 is 1.38 bits per heavy atom. The number of benzene rings is 1. The number of rotatable bonds is 2. The topological polar surface area (TPSA) is 35.8 Å². The Labute approximate surface area is 78.2 Å². The molecule has 2 nitrogen and oxygen atoms in total. The number of nitrogens with one attached hydrogen (secondary N) is 1. The minimum Gasteiger partial charge on any atom is -0.382 e. The third kappa shape index (κ3) is 1.81. The van der Waals surface area contributed by atoms with E-state index in [9.17, 15) is 0 Å². The van der Waals surface area contributed by atoms with Crippen molar-refractivity contribution in [3.63, 3.8) is 0 Å². The summed E-state index contributed by atoms with van der Waals surface area (Å²) in [6, 6.07) is 10.4. The van der Waals surface area contributed by atoms with Gasteiger partial charge in [0, 0.05) is 11.7 Å². The fourth-order valence-corrected chi connectivity index (χ4v) is 1.38. The van der Waals surface area contributed by atoms with Gasteiger partial charge in [0.05, 0.1) is 11.6 Å². The summed E-state index contributed by atoms with van der Waals surface area (Å²) in [6.45, 7) is 2.24. The van der Waals surface area contributed by atoms with Gasteiger partial charge < -0.3 is 5.32 Å². The summed E-state index contributed by atoms with van der Waals surface area (Å²) >= 11 is 0. The molecule has 0 heterocycles. The highest BCUT2D eigenvalue weighted by Crippen LogP contribution is 2.32. The Balaban J connectivity index is 2.02. The molecule has 1 saturated carbocycles. The third-order valence-electron chi connectivity index (χ3n) is 2.48. The van der Waals surface area contributed by atoms with Gasteiger partial charge in [-0.25, -0.2) is 0 Å². The van der Waals surface area contributed by atoms with Crippen molar-refractivity contribution in [2.75, 3.05) is 5.32 Å². The average Bonchev–Trinajstić information content (AvgIpc) is 2.83. The molecule has 1 aliphatic rings. The molecule has 1 fully saturated rings. The van der Waals surface area contributed by atoms with E-state index in [1.807, 2.05) is 24.3 Å². The third-order valence-corrected chi connectivity index (χ3v) is 2.48. The zero-order valence-electron chi connectivity index (χ0n) is 7.62. The van der Waals surface area contributed by atoms with Crippen molar-refractivity contribution < 1.29 is 0 Å². The van der Waals surface area contributed by atoms with Gasteiger partial charge in [-0.1, -0.05) is 6.92 Å². The zero-order valence-corrected chi connectivity index (χ0v) is 7.62. The lowest BCUT2D eigenvalue weighted by Crippen LogP contribution is -2.02. The van der Waals surface area contributed by atoms with E-state index >= 15 is 0 Å². The van der Waals surface area contributed by atoms with E-state index in [0.717, 1.165) is 17.2 Å². The highest BCUT2D eigenvalue weighted by molar-refractivity contribution is 5.48. The molecule has 1 N–H and O–H groups in total. The monoisotopic (exact) mass is 172 g/mol.